The first-order valence-electron chi connectivity index (χ1n) is 7.61. The SMILES string of the molecule is CC(C)(C)[C@H](c1cc(OC(F)(F)F)ccc1O)N1CCNCC1.Cl.Cl. The van der Waals surface area contributed by atoms with Crippen molar-refractivity contribution in [3.63, 3.8) is 0 Å². The molecule has 0 unspecified atom stereocenters. The fraction of sp³-hybridized carbons (Fsp3) is 0.625. The number of aromatic hydroxyl groups is 1. The molecule has 0 bridgehead atoms. The summed E-state index contributed by atoms with van der Waals surface area (Å²) in [5.41, 5.74) is 0.201. The second-order valence-electron chi connectivity index (χ2n) is 6.82. The monoisotopic (exact) mass is 404 g/mol. The third-order valence-corrected chi connectivity index (χ3v) is 3.86. The average Bonchev–Trinajstić information content (AvgIpc) is 2.41. The van der Waals surface area contributed by atoms with Gasteiger partial charge in [0.05, 0.1) is 0 Å². The van der Waals surface area contributed by atoms with Crippen molar-refractivity contribution < 1.29 is 23.0 Å². The van der Waals surface area contributed by atoms with Crippen molar-refractivity contribution in [2.75, 3.05) is 26.2 Å². The van der Waals surface area contributed by atoms with E-state index in [1.807, 2.05) is 20.8 Å². The summed E-state index contributed by atoms with van der Waals surface area (Å²) in [6, 6.07) is 3.48. The second kappa shape index (κ2) is 9.16. The van der Waals surface area contributed by atoms with Gasteiger partial charge in [-0.25, -0.2) is 0 Å². The van der Waals surface area contributed by atoms with Crippen LogP contribution >= 0.6 is 24.8 Å². The third kappa shape index (κ3) is 6.73. The highest BCUT2D eigenvalue weighted by Gasteiger charge is 2.36. The highest BCUT2D eigenvalue weighted by Crippen LogP contribution is 2.43. The lowest BCUT2D eigenvalue weighted by Gasteiger charge is -2.42. The molecule has 2 rings (SSSR count). The highest BCUT2D eigenvalue weighted by molar-refractivity contribution is 5.85. The number of hydrogen-bond acceptors (Lipinski definition) is 4. The van der Waals surface area contributed by atoms with Gasteiger partial charge in [0.25, 0.3) is 0 Å². The molecule has 1 aromatic carbocycles. The van der Waals surface area contributed by atoms with Gasteiger partial charge < -0.3 is 15.2 Å². The van der Waals surface area contributed by atoms with Crippen LogP contribution in [0.3, 0.4) is 0 Å². The first kappa shape index (κ1) is 24.1. The Balaban J connectivity index is 0.00000288. The quantitative estimate of drug-likeness (QED) is 0.794. The molecule has 0 radical (unpaired) electrons. The molecule has 1 heterocycles. The van der Waals surface area contributed by atoms with Crippen molar-refractivity contribution in [1.82, 2.24) is 10.2 Å². The number of ether oxygens (including phenoxy) is 1. The van der Waals surface area contributed by atoms with E-state index in [0.29, 0.717) is 5.56 Å². The van der Waals surface area contributed by atoms with Gasteiger partial charge in [0.15, 0.2) is 0 Å². The first-order valence-corrected chi connectivity index (χ1v) is 7.61. The van der Waals surface area contributed by atoms with Crippen LogP contribution < -0.4 is 10.1 Å². The molecule has 1 aliphatic heterocycles. The van der Waals surface area contributed by atoms with Gasteiger partial charge in [-0.3, -0.25) is 4.90 Å². The summed E-state index contributed by atoms with van der Waals surface area (Å²) in [4.78, 5) is 2.18. The molecule has 25 heavy (non-hydrogen) atoms. The van der Waals surface area contributed by atoms with Gasteiger partial charge >= 0.3 is 6.36 Å². The molecule has 4 nitrogen and oxygen atoms in total. The molecule has 0 amide bonds. The molecule has 1 aromatic rings. The number of nitrogens with one attached hydrogen (secondary N) is 1. The molecule has 0 aliphatic carbocycles. The Hall–Kier alpha value is -0.890. The molecule has 0 spiro atoms. The van der Waals surface area contributed by atoms with Crippen molar-refractivity contribution in [2.45, 2.75) is 33.2 Å². The lowest BCUT2D eigenvalue weighted by molar-refractivity contribution is -0.274. The number of piperazine rings is 1. The van der Waals surface area contributed by atoms with Crippen LogP contribution in [0.25, 0.3) is 0 Å². The van der Waals surface area contributed by atoms with Crippen LogP contribution in [0.15, 0.2) is 18.2 Å². The van der Waals surface area contributed by atoms with Gasteiger partial charge in [0.1, 0.15) is 11.5 Å². The Morgan fingerprint density at radius 2 is 1.68 bits per heavy atom. The number of phenolic OH excluding ortho intramolecular Hbond substituents is 1. The summed E-state index contributed by atoms with van der Waals surface area (Å²) >= 11 is 0. The fourth-order valence-corrected chi connectivity index (χ4v) is 3.10. The maximum absolute atomic E-state index is 12.5. The number of hydrogen-bond donors (Lipinski definition) is 2. The van der Waals surface area contributed by atoms with E-state index in [0.717, 1.165) is 32.2 Å². The largest absolute Gasteiger partial charge is 0.573 e. The van der Waals surface area contributed by atoms with Crippen LogP contribution in [-0.2, 0) is 0 Å². The van der Waals surface area contributed by atoms with Gasteiger partial charge in [-0.1, -0.05) is 20.8 Å². The predicted molar refractivity (Wildman–Crippen MR) is 95.9 cm³/mol. The zero-order valence-corrected chi connectivity index (χ0v) is 16.0. The average molecular weight is 405 g/mol. The summed E-state index contributed by atoms with van der Waals surface area (Å²) in [7, 11) is 0. The summed E-state index contributed by atoms with van der Waals surface area (Å²) in [6.45, 7) is 9.19. The van der Waals surface area contributed by atoms with Crippen LogP contribution in [0.5, 0.6) is 11.5 Å². The number of phenols is 1. The molecule has 9 heteroatoms. The zero-order chi connectivity index (χ0) is 17.3. The molecule has 1 saturated heterocycles. The van der Waals surface area contributed by atoms with Crippen molar-refractivity contribution >= 4 is 24.8 Å². The Morgan fingerprint density at radius 3 is 2.16 bits per heavy atom. The van der Waals surface area contributed by atoms with E-state index >= 15 is 0 Å². The molecule has 146 valence electrons. The number of nitrogens with zero attached hydrogens (tertiary/aromatic N) is 1. The van der Waals surface area contributed by atoms with Gasteiger partial charge in [-0.2, -0.15) is 0 Å². The Bertz CT molecular complexity index is 545. The lowest BCUT2D eigenvalue weighted by Crippen LogP contribution is -2.48. The topological polar surface area (TPSA) is 44.7 Å². The number of benzene rings is 1. The van der Waals surface area contributed by atoms with Crippen LogP contribution in [0.2, 0.25) is 0 Å². The smallest absolute Gasteiger partial charge is 0.508 e. The first-order chi connectivity index (χ1) is 10.6. The van der Waals surface area contributed by atoms with E-state index in [2.05, 4.69) is 15.0 Å². The number of rotatable bonds is 3. The van der Waals surface area contributed by atoms with Crippen LogP contribution in [-0.4, -0.2) is 42.5 Å². The van der Waals surface area contributed by atoms with Crippen molar-refractivity contribution in [3.8, 4) is 11.5 Å². The Kier molecular flexibility index (Phi) is 8.84. The van der Waals surface area contributed by atoms with Crippen LogP contribution in [0.4, 0.5) is 13.2 Å². The lowest BCUT2D eigenvalue weighted by atomic mass is 9.80. The molecular formula is C16H25Cl2F3N2O2. The maximum atomic E-state index is 12.5. The molecule has 1 fully saturated rings. The number of halogens is 5. The fourth-order valence-electron chi connectivity index (χ4n) is 3.10. The molecule has 0 saturated carbocycles. The van der Waals surface area contributed by atoms with Crippen molar-refractivity contribution in [1.29, 1.82) is 0 Å². The van der Waals surface area contributed by atoms with E-state index < -0.39 is 6.36 Å². The minimum atomic E-state index is -4.75. The molecular weight excluding hydrogens is 380 g/mol. The van der Waals surface area contributed by atoms with E-state index in [1.165, 1.54) is 12.1 Å². The van der Waals surface area contributed by atoms with Crippen molar-refractivity contribution in [3.05, 3.63) is 23.8 Å². The second-order valence-corrected chi connectivity index (χ2v) is 6.82. The summed E-state index contributed by atoms with van der Waals surface area (Å²) in [6.07, 6.45) is -4.75. The minimum absolute atomic E-state index is 0. The van der Waals surface area contributed by atoms with Gasteiger partial charge in [-0.05, 0) is 23.6 Å². The van der Waals surface area contributed by atoms with Gasteiger partial charge in [-0.15, -0.1) is 38.0 Å². The summed E-state index contributed by atoms with van der Waals surface area (Å²) in [5.74, 6) is -0.326. The van der Waals surface area contributed by atoms with E-state index in [1.54, 1.807) is 0 Å². The Morgan fingerprint density at radius 1 is 1.12 bits per heavy atom. The molecule has 1 aliphatic rings. The van der Waals surface area contributed by atoms with E-state index in [9.17, 15) is 18.3 Å². The van der Waals surface area contributed by atoms with Gasteiger partial charge in [0, 0.05) is 37.8 Å². The summed E-state index contributed by atoms with van der Waals surface area (Å²) < 4.78 is 41.4. The normalized spacial score (nSPS) is 17.2. The highest BCUT2D eigenvalue weighted by atomic mass is 35.5. The van der Waals surface area contributed by atoms with E-state index in [-0.39, 0.29) is 47.8 Å². The van der Waals surface area contributed by atoms with Crippen LogP contribution in [0, 0.1) is 5.41 Å². The maximum Gasteiger partial charge on any atom is 0.573 e. The zero-order valence-electron chi connectivity index (χ0n) is 14.4. The summed E-state index contributed by atoms with van der Waals surface area (Å²) in [5, 5.41) is 13.5. The predicted octanol–water partition coefficient (Wildman–Crippen LogP) is 4.13. The molecule has 1 atom stereocenters. The van der Waals surface area contributed by atoms with Gasteiger partial charge in [0.2, 0.25) is 0 Å². The third-order valence-electron chi connectivity index (χ3n) is 3.86. The van der Waals surface area contributed by atoms with Crippen molar-refractivity contribution in [2.24, 2.45) is 5.41 Å². The standard InChI is InChI=1S/C16H23F3N2O2.2ClH/c1-15(2,3)14(21-8-6-20-7-9-21)12-10-11(4-5-13(12)22)23-16(17,18)19;;/h4-5,10,14,20,22H,6-9H2,1-3H3;2*1H/t14-;;/m0../s1. The van der Waals surface area contributed by atoms with E-state index in [4.69, 9.17) is 0 Å². The number of alkyl halides is 3. The molecule has 2 N–H and O–H groups in total. The minimum Gasteiger partial charge on any atom is -0.508 e. The molecule has 0 aromatic heterocycles. The Labute approximate surface area is 158 Å². The van der Waals surface area contributed by atoms with Crippen LogP contribution in [0.1, 0.15) is 32.4 Å².